The molecule has 92 valence electrons. The fraction of sp³-hybridized carbons (Fsp3) is 0.333. The molecule has 1 rings (SSSR count). The Bertz CT molecular complexity index is 468. The number of aryl methyl sites for hydroxylation is 1. The molecule has 8 heteroatoms. The van der Waals surface area contributed by atoms with Gasteiger partial charge in [-0.15, -0.1) is 0 Å². The number of carbonyl (C=O) groups excluding carboxylic acids is 2. The summed E-state index contributed by atoms with van der Waals surface area (Å²) >= 11 is 0.847. The molecular weight excluding hydrogens is 248 g/mol. The molecule has 0 radical (unpaired) electrons. The number of anilines is 1. The molecule has 0 atom stereocenters. The predicted octanol–water partition coefficient (Wildman–Crippen LogP) is 0.651. The first-order valence-electron chi connectivity index (χ1n) is 4.54. The third-order valence-electron chi connectivity index (χ3n) is 1.64. The Morgan fingerprint density at radius 3 is 2.59 bits per heavy atom. The van der Waals surface area contributed by atoms with E-state index in [0.29, 0.717) is 5.69 Å². The molecule has 1 aromatic heterocycles. The zero-order valence-electron chi connectivity index (χ0n) is 9.14. The minimum Gasteiger partial charge on any atom is -0.477 e. The molecule has 0 unspecified atom stereocenters. The number of carbonyl (C=O) groups is 3. The maximum Gasteiger partial charge on any atom is 0.347 e. The van der Waals surface area contributed by atoms with Gasteiger partial charge in [-0.05, 0) is 6.92 Å². The van der Waals surface area contributed by atoms with E-state index in [-0.39, 0.29) is 10.0 Å². The number of nitrogens with zero attached hydrogens (tertiary/aromatic N) is 1. The fourth-order valence-electron chi connectivity index (χ4n) is 0.971. The van der Waals surface area contributed by atoms with E-state index in [1.807, 2.05) is 0 Å². The first-order chi connectivity index (χ1) is 7.90. The average Bonchev–Trinajstić information content (AvgIpc) is 2.56. The Morgan fingerprint density at radius 1 is 1.47 bits per heavy atom. The summed E-state index contributed by atoms with van der Waals surface area (Å²) in [5, 5.41) is 11.3. The smallest absolute Gasteiger partial charge is 0.347 e. The summed E-state index contributed by atoms with van der Waals surface area (Å²) in [4.78, 5) is 36.3. The van der Waals surface area contributed by atoms with Crippen molar-refractivity contribution in [1.82, 2.24) is 4.98 Å². The molecule has 7 nitrogen and oxygen atoms in total. The maximum atomic E-state index is 11.2. The lowest BCUT2D eigenvalue weighted by Crippen LogP contribution is -2.19. The van der Waals surface area contributed by atoms with Crippen molar-refractivity contribution >= 4 is 34.3 Å². The number of esters is 1. The molecule has 0 saturated heterocycles. The molecule has 0 saturated carbocycles. The summed E-state index contributed by atoms with van der Waals surface area (Å²) in [7, 11) is 0. The molecule has 0 spiro atoms. The van der Waals surface area contributed by atoms with E-state index in [9.17, 15) is 14.4 Å². The molecule has 1 aromatic rings. The molecule has 17 heavy (non-hydrogen) atoms. The Kier molecular flexibility index (Phi) is 4.16. The molecular formula is C9H10N2O5S. The maximum absolute atomic E-state index is 11.2. The van der Waals surface area contributed by atoms with E-state index in [0.717, 1.165) is 11.3 Å². The highest BCUT2D eigenvalue weighted by Gasteiger charge is 2.15. The first-order valence-corrected chi connectivity index (χ1v) is 5.35. The summed E-state index contributed by atoms with van der Waals surface area (Å²) in [6.07, 6.45) is 0. The fourth-order valence-corrected chi connectivity index (χ4v) is 1.79. The summed E-state index contributed by atoms with van der Waals surface area (Å²) in [6, 6.07) is 0. The van der Waals surface area contributed by atoms with Crippen molar-refractivity contribution in [2.45, 2.75) is 13.8 Å². The van der Waals surface area contributed by atoms with Gasteiger partial charge in [0.05, 0.1) is 5.69 Å². The number of aromatic carboxylic acids is 1. The van der Waals surface area contributed by atoms with E-state index in [1.165, 1.54) is 13.8 Å². The van der Waals surface area contributed by atoms with Gasteiger partial charge in [-0.1, -0.05) is 11.3 Å². The Hall–Kier alpha value is -1.96. The molecule has 0 aliphatic carbocycles. The molecule has 0 fully saturated rings. The molecule has 0 bridgehead atoms. The van der Waals surface area contributed by atoms with Gasteiger partial charge in [0.25, 0.3) is 5.91 Å². The van der Waals surface area contributed by atoms with Crippen LogP contribution < -0.4 is 5.32 Å². The Labute approximate surface area is 100 Å². The number of carboxylic acids is 1. The Balaban J connectivity index is 2.63. The van der Waals surface area contributed by atoms with Gasteiger partial charge in [-0.25, -0.2) is 9.78 Å². The largest absolute Gasteiger partial charge is 0.477 e. The average molecular weight is 258 g/mol. The van der Waals surface area contributed by atoms with Crippen molar-refractivity contribution in [3.63, 3.8) is 0 Å². The second-order valence-electron chi connectivity index (χ2n) is 3.07. The van der Waals surface area contributed by atoms with Gasteiger partial charge in [0, 0.05) is 6.92 Å². The lowest BCUT2D eigenvalue weighted by Gasteiger charge is -2.00. The van der Waals surface area contributed by atoms with Crippen LogP contribution in [0.4, 0.5) is 5.13 Å². The summed E-state index contributed by atoms with van der Waals surface area (Å²) in [6.45, 7) is 2.29. The van der Waals surface area contributed by atoms with Gasteiger partial charge in [0.2, 0.25) is 0 Å². The van der Waals surface area contributed by atoms with Crippen LogP contribution in [-0.2, 0) is 14.3 Å². The number of thiazole rings is 1. The van der Waals surface area contributed by atoms with Crippen molar-refractivity contribution in [3.05, 3.63) is 10.6 Å². The number of amides is 1. The lowest BCUT2D eigenvalue weighted by molar-refractivity contribution is -0.144. The summed E-state index contributed by atoms with van der Waals surface area (Å²) in [5.41, 5.74) is 0.324. The van der Waals surface area contributed by atoms with Crippen LogP contribution in [0.2, 0.25) is 0 Å². The molecule has 1 heterocycles. The van der Waals surface area contributed by atoms with Crippen LogP contribution >= 0.6 is 11.3 Å². The van der Waals surface area contributed by atoms with Crippen LogP contribution in [0.3, 0.4) is 0 Å². The van der Waals surface area contributed by atoms with Crippen molar-refractivity contribution in [2.75, 3.05) is 11.9 Å². The van der Waals surface area contributed by atoms with Crippen molar-refractivity contribution in [1.29, 1.82) is 0 Å². The highest BCUT2D eigenvalue weighted by molar-refractivity contribution is 7.17. The monoisotopic (exact) mass is 258 g/mol. The zero-order chi connectivity index (χ0) is 13.0. The van der Waals surface area contributed by atoms with Gasteiger partial charge >= 0.3 is 11.9 Å². The number of ether oxygens (including phenoxy) is 1. The summed E-state index contributed by atoms with van der Waals surface area (Å²) < 4.78 is 4.47. The van der Waals surface area contributed by atoms with E-state index in [2.05, 4.69) is 15.0 Å². The van der Waals surface area contributed by atoms with Gasteiger partial charge in [0.1, 0.15) is 4.88 Å². The van der Waals surface area contributed by atoms with E-state index in [1.54, 1.807) is 0 Å². The second kappa shape index (κ2) is 5.39. The van der Waals surface area contributed by atoms with E-state index < -0.39 is 24.5 Å². The topological polar surface area (TPSA) is 106 Å². The minimum absolute atomic E-state index is 0.0628. The van der Waals surface area contributed by atoms with E-state index in [4.69, 9.17) is 5.11 Å². The highest BCUT2D eigenvalue weighted by Crippen LogP contribution is 2.22. The van der Waals surface area contributed by atoms with Crippen LogP contribution in [-0.4, -0.2) is 34.5 Å². The van der Waals surface area contributed by atoms with Crippen LogP contribution in [0.25, 0.3) is 0 Å². The normalized spacial score (nSPS) is 9.76. The second-order valence-corrected chi connectivity index (χ2v) is 4.07. The lowest BCUT2D eigenvalue weighted by atomic mass is 10.4. The quantitative estimate of drug-likeness (QED) is 0.768. The number of carboxylic acid groups (broad SMARTS) is 1. The minimum atomic E-state index is -1.10. The van der Waals surface area contributed by atoms with Gasteiger partial charge in [-0.3, -0.25) is 14.9 Å². The third-order valence-corrected chi connectivity index (χ3v) is 2.70. The van der Waals surface area contributed by atoms with Crippen molar-refractivity contribution < 1.29 is 24.2 Å². The number of nitrogens with one attached hydrogen (secondary N) is 1. The third kappa shape index (κ3) is 3.83. The van der Waals surface area contributed by atoms with Gasteiger partial charge < -0.3 is 9.84 Å². The predicted molar refractivity (Wildman–Crippen MR) is 59.1 cm³/mol. The number of hydrogen-bond donors (Lipinski definition) is 2. The molecule has 0 aliphatic heterocycles. The molecule has 2 N–H and O–H groups in total. The SMILES string of the molecule is CC(=O)OCC(=O)Nc1nc(C)c(C(=O)O)s1. The zero-order valence-corrected chi connectivity index (χ0v) is 9.96. The van der Waals surface area contributed by atoms with Crippen LogP contribution in [0.5, 0.6) is 0 Å². The van der Waals surface area contributed by atoms with Crippen molar-refractivity contribution in [2.24, 2.45) is 0 Å². The number of aromatic nitrogens is 1. The highest BCUT2D eigenvalue weighted by atomic mass is 32.1. The van der Waals surface area contributed by atoms with Gasteiger partial charge in [0.15, 0.2) is 11.7 Å². The Morgan fingerprint density at radius 2 is 2.12 bits per heavy atom. The first kappa shape index (κ1) is 13.1. The summed E-state index contributed by atoms with van der Waals surface area (Å²) in [5.74, 6) is -2.23. The molecule has 1 amide bonds. The van der Waals surface area contributed by atoms with E-state index >= 15 is 0 Å². The number of rotatable bonds is 4. The van der Waals surface area contributed by atoms with Crippen molar-refractivity contribution in [3.8, 4) is 0 Å². The molecule has 0 aliphatic rings. The van der Waals surface area contributed by atoms with Crippen LogP contribution in [0.1, 0.15) is 22.3 Å². The van der Waals surface area contributed by atoms with Gasteiger partial charge in [-0.2, -0.15) is 0 Å². The standard InChI is InChI=1S/C9H10N2O5S/c1-4-7(8(14)15)17-9(10-4)11-6(13)3-16-5(2)12/h3H2,1-2H3,(H,14,15)(H,10,11,13). The van der Waals surface area contributed by atoms with Crippen LogP contribution in [0, 0.1) is 6.92 Å². The van der Waals surface area contributed by atoms with Crippen LogP contribution in [0.15, 0.2) is 0 Å². The number of hydrogen-bond acceptors (Lipinski definition) is 6. The molecule has 0 aromatic carbocycles.